The summed E-state index contributed by atoms with van der Waals surface area (Å²) in [7, 11) is 0. The number of hydrogen-bond acceptors (Lipinski definition) is 2. The van der Waals surface area contributed by atoms with Crippen molar-refractivity contribution in [2.24, 2.45) is 0 Å². The molecule has 2 aromatic carbocycles. The molecule has 1 aliphatic rings. The monoisotopic (exact) mass is 266 g/mol. The molecule has 0 aromatic heterocycles. The molecule has 3 rings (SSSR count). The van der Waals surface area contributed by atoms with Gasteiger partial charge in [0.1, 0.15) is 0 Å². The Morgan fingerprint density at radius 1 is 1.10 bits per heavy atom. The molecule has 1 unspecified atom stereocenters. The summed E-state index contributed by atoms with van der Waals surface area (Å²) in [5, 5.41) is 0. The molecule has 2 aromatic rings. The van der Waals surface area contributed by atoms with Gasteiger partial charge in [0.2, 0.25) is 0 Å². The first-order valence-electron chi connectivity index (χ1n) is 7.47. The van der Waals surface area contributed by atoms with Gasteiger partial charge < -0.3 is 10.6 Å². The summed E-state index contributed by atoms with van der Waals surface area (Å²) < 4.78 is 0. The molecular formula is C18H22N2. The summed E-state index contributed by atoms with van der Waals surface area (Å²) in [6.07, 6.45) is 2.34. The number of fused-ring (bicyclic) bond motifs is 1. The first-order chi connectivity index (χ1) is 9.79. The highest BCUT2D eigenvalue weighted by atomic mass is 15.1. The molecule has 0 saturated heterocycles. The molecule has 1 aliphatic carbocycles. The van der Waals surface area contributed by atoms with E-state index in [1.807, 2.05) is 12.1 Å². The quantitative estimate of drug-likeness (QED) is 0.833. The fraction of sp³-hybridized carbons (Fsp3) is 0.333. The van der Waals surface area contributed by atoms with Gasteiger partial charge in [0, 0.05) is 19.0 Å². The largest absolute Gasteiger partial charge is 0.397 e. The molecule has 0 heterocycles. The SMILES string of the molecule is CCCN(CC1Cc2ccccc21)c1ccccc1N. The summed E-state index contributed by atoms with van der Waals surface area (Å²) in [5.41, 5.74) is 11.2. The van der Waals surface area contributed by atoms with Crippen molar-refractivity contribution in [3.8, 4) is 0 Å². The Bertz CT molecular complexity index is 591. The molecule has 0 fully saturated rings. The van der Waals surface area contributed by atoms with Crippen LogP contribution in [0.3, 0.4) is 0 Å². The van der Waals surface area contributed by atoms with Crippen molar-refractivity contribution in [1.29, 1.82) is 0 Å². The van der Waals surface area contributed by atoms with E-state index in [9.17, 15) is 0 Å². The lowest BCUT2D eigenvalue weighted by Gasteiger charge is -2.36. The maximum absolute atomic E-state index is 6.14. The fourth-order valence-corrected chi connectivity index (χ4v) is 3.15. The first-order valence-corrected chi connectivity index (χ1v) is 7.47. The van der Waals surface area contributed by atoms with Crippen LogP contribution in [-0.4, -0.2) is 13.1 Å². The Labute approximate surface area is 121 Å². The van der Waals surface area contributed by atoms with Crippen LogP contribution in [0, 0.1) is 0 Å². The van der Waals surface area contributed by atoms with Crippen molar-refractivity contribution in [2.45, 2.75) is 25.7 Å². The zero-order valence-electron chi connectivity index (χ0n) is 12.0. The number of anilines is 2. The van der Waals surface area contributed by atoms with Gasteiger partial charge in [0.25, 0.3) is 0 Å². The highest BCUT2D eigenvalue weighted by molar-refractivity contribution is 5.67. The number of benzene rings is 2. The van der Waals surface area contributed by atoms with Crippen molar-refractivity contribution in [2.75, 3.05) is 23.7 Å². The molecule has 1 atom stereocenters. The lowest BCUT2D eigenvalue weighted by molar-refractivity contribution is 0.579. The van der Waals surface area contributed by atoms with Crippen LogP contribution in [0.5, 0.6) is 0 Å². The van der Waals surface area contributed by atoms with E-state index in [2.05, 4.69) is 48.2 Å². The van der Waals surface area contributed by atoms with Gasteiger partial charge in [-0.3, -0.25) is 0 Å². The Kier molecular flexibility index (Phi) is 3.64. The van der Waals surface area contributed by atoms with Gasteiger partial charge >= 0.3 is 0 Å². The molecular weight excluding hydrogens is 244 g/mol. The highest BCUT2D eigenvalue weighted by Crippen LogP contribution is 2.37. The second-order valence-corrected chi connectivity index (χ2v) is 5.60. The van der Waals surface area contributed by atoms with Gasteiger partial charge in [0.05, 0.1) is 11.4 Å². The van der Waals surface area contributed by atoms with Crippen molar-refractivity contribution >= 4 is 11.4 Å². The lowest BCUT2D eigenvalue weighted by Crippen LogP contribution is -2.34. The van der Waals surface area contributed by atoms with Crippen LogP contribution < -0.4 is 10.6 Å². The summed E-state index contributed by atoms with van der Waals surface area (Å²) in [4.78, 5) is 2.44. The molecule has 0 bridgehead atoms. The Morgan fingerprint density at radius 2 is 1.85 bits per heavy atom. The predicted molar refractivity (Wildman–Crippen MR) is 86.2 cm³/mol. The van der Waals surface area contributed by atoms with Crippen LogP contribution in [0.2, 0.25) is 0 Å². The molecule has 0 radical (unpaired) electrons. The van der Waals surface area contributed by atoms with Crippen LogP contribution in [0.25, 0.3) is 0 Å². The highest BCUT2D eigenvalue weighted by Gasteiger charge is 2.27. The molecule has 0 amide bonds. The van der Waals surface area contributed by atoms with E-state index in [4.69, 9.17) is 5.73 Å². The van der Waals surface area contributed by atoms with E-state index in [1.165, 1.54) is 23.2 Å². The maximum Gasteiger partial charge on any atom is 0.0600 e. The van der Waals surface area contributed by atoms with Crippen molar-refractivity contribution < 1.29 is 0 Å². The average molecular weight is 266 g/mol. The van der Waals surface area contributed by atoms with Crippen LogP contribution in [-0.2, 0) is 6.42 Å². The fourth-order valence-electron chi connectivity index (χ4n) is 3.15. The van der Waals surface area contributed by atoms with E-state index in [-0.39, 0.29) is 0 Å². The van der Waals surface area contributed by atoms with Gasteiger partial charge in [-0.25, -0.2) is 0 Å². The molecule has 0 spiro atoms. The third-order valence-electron chi connectivity index (χ3n) is 4.17. The number of nitrogen functional groups attached to an aromatic ring is 1. The Balaban J connectivity index is 1.78. The molecule has 104 valence electrons. The van der Waals surface area contributed by atoms with E-state index in [1.54, 1.807) is 0 Å². The minimum atomic E-state index is 0.650. The second kappa shape index (κ2) is 5.58. The summed E-state index contributed by atoms with van der Waals surface area (Å²) in [6, 6.07) is 17.0. The molecule has 0 aliphatic heterocycles. The third kappa shape index (κ3) is 2.38. The Morgan fingerprint density at radius 3 is 2.60 bits per heavy atom. The minimum Gasteiger partial charge on any atom is -0.397 e. The van der Waals surface area contributed by atoms with Gasteiger partial charge in [-0.2, -0.15) is 0 Å². The topological polar surface area (TPSA) is 29.3 Å². The molecule has 0 saturated carbocycles. The smallest absolute Gasteiger partial charge is 0.0600 e. The third-order valence-corrected chi connectivity index (χ3v) is 4.17. The number of nitrogens with two attached hydrogens (primary N) is 1. The minimum absolute atomic E-state index is 0.650. The molecule has 2 N–H and O–H groups in total. The van der Waals surface area contributed by atoms with Gasteiger partial charge in [-0.1, -0.05) is 43.3 Å². The van der Waals surface area contributed by atoms with Gasteiger partial charge in [-0.15, -0.1) is 0 Å². The molecule has 2 nitrogen and oxygen atoms in total. The van der Waals surface area contributed by atoms with Crippen molar-refractivity contribution in [3.63, 3.8) is 0 Å². The zero-order valence-corrected chi connectivity index (χ0v) is 12.0. The van der Waals surface area contributed by atoms with E-state index in [0.717, 1.165) is 25.2 Å². The summed E-state index contributed by atoms with van der Waals surface area (Å²) in [5.74, 6) is 0.650. The van der Waals surface area contributed by atoms with E-state index >= 15 is 0 Å². The maximum atomic E-state index is 6.14. The predicted octanol–water partition coefficient (Wildman–Crippen LogP) is 3.83. The van der Waals surface area contributed by atoms with Crippen LogP contribution in [0.15, 0.2) is 48.5 Å². The summed E-state index contributed by atoms with van der Waals surface area (Å²) in [6.45, 7) is 4.35. The van der Waals surface area contributed by atoms with Crippen molar-refractivity contribution in [1.82, 2.24) is 0 Å². The summed E-state index contributed by atoms with van der Waals surface area (Å²) >= 11 is 0. The van der Waals surface area contributed by atoms with Crippen LogP contribution in [0.4, 0.5) is 11.4 Å². The normalized spacial score (nSPS) is 16.4. The standard InChI is InChI=1S/C18H22N2/c1-2-11-20(18-10-6-5-9-17(18)19)13-15-12-14-7-3-4-8-16(14)15/h3-10,15H,2,11-13,19H2,1H3. The molecule has 20 heavy (non-hydrogen) atoms. The van der Waals surface area contributed by atoms with Gasteiger partial charge in [0.15, 0.2) is 0 Å². The number of hydrogen-bond donors (Lipinski definition) is 1. The van der Waals surface area contributed by atoms with E-state index in [0.29, 0.717) is 5.92 Å². The van der Waals surface area contributed by atoms with Gasteiger partial charge in [-0.05, 0) is 36.1 Å². The number of nitrogens with zero attached hydrogens (tertiary/aromatic N) is 1. The van der Waals surface area contributed by atoms with E-state index < -0.39 is 0 Å². The number of para-hydroxylation sites is 2. The van der Waals surface area contributed by atoms with Crippen LogP contribution >= 0.6 is 0 Å². The second-order valence-electron chi connectivity index (χ2n) is 5.60. The number of rotatable bonds is 5. The Hall–Kier alpha value is -1.96. The first kappa shape index (κ1) is 13.0. The van der Waals surface area contributed by atoms with Crippen LogP contribution in [0.1, 0.15) is 30.4 Å². The average Bonchev–Trinajstić information content (AvgIpc) is 2.44. The lowest BCUT2D eigenvalue weighted by atomic mass is 9.77. The zero-order chi connectivity index (χ0) is 13.9. The van der Waals surface area contributed by atoms with Crippen molar-refractivity contribution in [3.05, 3.63) is 59.7 Å². The molecule has 2 heteroatoms.